The molecular formula is C22H44BNO6. The molecule has 8 heteroatoms. The van der Waals surface area contributed by atoms with Crippen LogP contribution in [0, 0.1) is 0 Å². The average molecular weight is 429 g/mol. The molecule has 0 saturated carbocycles. The molecule has 176 valence electrons. The smallest absolute Gasteiger partial charge is 0.457 e. The average Bonchev–Trinajstić information content (AvgIpc) is 2.71. The first-order chi connectivity index (χ1) is 13.4. The summed E-state index contributed by atoms with van der Waals surface area (Å²) < 4.78 is 22.0. The SMILES string of the molecule is CC(C)(C)OC(=O)CCCCCB1OC(C)(C)C(C)(C)O1.CNC(=O)OC(C)(C)C. The van der Waals surface area contributed by atoms with Crippen LogP contribution in [0.2, 0.25) is 6.32 Å². The molecule has 0 bridgehead atoms. The highest BCUT2D eigenvalue weighted by Crippen LogP contribution is 2.38. The molecule has 1 fully saturated rings. The van der Waals surface area contributed by atoms with Gasteiger partial charge in [-0.15, -0.1) is 0 Å². The molecule has 0 spiro atoms. The third kappa shape index (κ3) is 12.4. The van der Waals surface area contributed by atoms with E-state index in [-0.39, 0.29) is 41.6 Å². The summed E-state index contributed by atoms with van der Waals surface area (Å²) in [4.78, 5) is 22.1. The van der Waals surface area contributed by atoms with Gasteiger partial charge >= 0.3 is 19.2 Å². The zero-order chi connectivity index (χ0) is 23.8. The third-order valence-electron chi connectivity index (χ3n) is 4.65. The molecule has 0 unspecified atom stereocenters. The normalized spacial score (nSPS) is 17.6. The van der Waals surface area contributed by atoms with Gasteiger partial charge in [-0.25, -0.2) is 4.79 Å². The molecule has 0 atom stereocenters. The number of unbranched alkanes of at least 4 members (excludes halogenated alkanes) is 2. The van der Waals surface area contributed by atoms with Crippen LogP contribution in [0.5, 0.6) is 0 Å². The van der Waals surface area contributed by atoms with Gasteiger partial charge in [-0.3, -0.25) is 4.79 Å². The van der Waals surface area contributed by atoms with Gasteiger partial charge in [0.1, 0.15) is 11.2 Å². The van der Waals surface area contributed by atoms with E-state index in [2.05, 4.69) is 33.0 Å². The standard InChI is InChI=1S/C16H31BO4.C6H13NO2/c1-14(2,3)19-13(18)11-9-8-10-12-17-20-15(4,5)16(6,7)21-17;1-6(2,3)9-5(8)7-4/h8-12H2,1-7H3;1-4H3,(H,7,8). The predicted octanol–water partition coefficient (Wildman–Crippen LogP) is 5.12. The monoisotopic (exact) mass is 429 g/mol. The number of carbonyl (C=O) groups is 2. The fourth-order valence-electron chi connectivity index (χ4n) is 2.56. The van der Waals surface area contributed by atoms with E-state index in [1.807, 2.05) is 41.5 Å². The largest absolute Gasteiger partial charge is 0.460 e. The number of rotatable bonds is 6. The molecule has 0 aliphatic carbocycles. The lowest BCUT2D eigenvalue weighted by molar-refractivity contribution is -0.154. The summed E-state index contributed by atoms with van der Waals surface area (Å²) in [6.07, 6.45) is 3.82. The molecular weight excluding hydrogens is 385 g/mol. The van der Waals surface area contributed by atoms with E-state index < -0.39 is 0 Å². The van der Waals surface area contributed by atoms with E-state index >= 15 is 0 Å². The summed E-state index contributed by atoms with van der Waals surface area (Å²) in [5.74, 6) is -0.113. The number of esters is 1. The summed E-state index contributed by atoms with van der Waals surface area (Å²) in [5.41, 5.74) is -1.29. The molecule has 30 heavy (non-hydrogen) atoms. The van der Waals surface area contributed by atoms with Crippen LogP contribution in [0.3, 0.4) is 0 Å². The lowest BCUT2D eigenvalue weighted by atomic mass is 9.82. The quantitative estimate of drug-likeness (QED) is 0.358. The zero-order valence-corrected chi connectivity index (χ0v) is 21.1. The van der Waals surface area contributed by atoms with Crippen LogP contribution in [0.25, 0.3) is 0 Å². The summed E-state index contributed by atoms with van der Waals surface area (Å²) in [6, 6.07) is 0. The van der Waals surface area contributed by atoms with Crippen molar-refractivity contribution in [2.24, 2.45) is 0 Å². The molecule has 7 nitrogen and oxygen atoms in total. The van der Waals surface area contributed by atoms with Crippen molar-refractivity contribution in [3.8, 4) is 0 Å². The molecule has 1 amide bonds. The van der Waals surface area contributed by atoms with Crippen molar-refractivity contribution in [1.82, 2.24) is 5.32 Å². The first-order valence-electron chi connectivity index (χ1n) is 10.9. The minimum absolute atomic E-state index is 0.113. The third-order valence-corrected chi connectivity index (χ3v) is 4.65. The fraction of sp³-hybridized carbons (Fsp3) is 0.909. The second kappa shape index (κ2) is 11.4. The van der Waals surface area contributed by atoms with Crippen molar-refractivity contribution < 1.29 is 28.4 Å². The van der Waals surface area contributed by atoms with Gasteiger partial charge in [0.2, 0.25) is 0 Å². The van der Waals surface area contributed by atoms with Gasteiger partial charge in [0.15, 0.2) is 0 Å². The molecule has 1 heterocycles. The summed E-state index contributed by atoms with van der Waals surface area (Å²) >= 11 is 0. The van der Waals surface area contributed by atoms with Crippen molar-refractivity contribution in [1.29, 1.82) is 0 Å². The Morgan fingerprint density at radius 1 is 0.833 bits per heavy atom. The van der Waals surface area contributed by atoms with E-state index in [4.69, 9.17) is 18.8 Å². The Balaban J connectivity index is 0.000000787. The molecule has 1 aliphatic heterocycles. The maximum atomic E-state index is 11.6. The van der Waals surface area contributed by atoms with Crippen molar-refractivity contribution >= 4 is 19.2 Å². The molecule has 1 aliphatic rings. The van der Waals surface area contributed by atoms with Crippen LogP contribution >= 0.6 is 0 Å². The van der Waals surface area contributed by atoms with Crippen molar-refractivity contribution in [2.45, 2.75) is 124 Å². The second-order valence-electron chi connectivity index (χ2n) is 10.6. The Morgan fingerprint density at radius 3 is 1.67 bits per heavy atom. The molecule has 1 saturated heterocycles. The van der Waals surface area contributed by atoms with Crippen LogP contribution in [0.15, 0.2) is 0 Å². The summed E-state index contributed by atoms with van der Waals surface area (Å²) in [6.45, 7) is 19.4. The predicted molar refractivity (Wildman–Crippen MR) is 120 cm³/mol. The Hall–Kier alpha value is -1.28. The lowest BCUT2D eigenvalue weighted by Gasteiger charge is -2.32. The highest BCUT2D eigenvalue weighted by molar-refractivity contribution is 6.45. The Bertz CT molecular complexity index is 533. The Labute approximate surface area is 184 Å². The van der Waals surface area contributed by atoms with Gasteiger partial charge in [0.05, 0.1) is 11.2 Å². The summed E-state index contributed by atoms with van der Waals surface area (Å²) in [7, 11) is 1.41. The number of nitrogens with one attached hydrogen (secondary N) is 1. The van der Waals surface area contributed by atoms with Crippen molar-refractivity contribution in [3.05, 3.63) is 0 Å². The fourth-order valence-corrected chi connectivity index (χ4v) is 2.56. The minimum Gasteiger partial charge on any atom is -0.460 e. The molecule has 0 aromatic rings. The molecule has 1 rings (SSSR count). The highest BCUT2D eigenvalue weighted by Gasteiger charge is 2.50. The number of hydrogen-bond donors (Lipinski definition) is 1. The first-order valence-corrected chi connectivity index (χ1v) is 10.9. The van der Waals surface area contributed by atoms with E-state index in [0.29, 0.717) is 6.42 Å². The zero-order valence-electron chi connectivity index (χ0n) is 21.1. The van der Waals surface area contributed by atoms with Crippen LogP contribution in [0.4, 0.5) is 4.79 Å². The lowest BCUT2D eigenvalue weighted by Crippen LogP contribution is -2.41. The topological polar surface area (TPSA) is 83.1 Å². The highest BCUT2D eigenvalue weighted by atomic mass is 16.7. The van der Waals surface area contributed by atoms with Gasteiger partial charge in [-0.2, -0.15) is 0 Å². The van der Waals surface area contributed by atoms with Crippen molar-refractivity contribution in [3.63, 3.8) is 0 Å². The maximum absolute atomic E-state index is 11.6. The van der Waals surface area contributed by atoms with E-state index in [1.54, 1.807) is 0 Å². The number of amides is 1. The van der Waals surface area contributed by atoms with E-state index in [1.165, 1.54) is 7.05 Å². The van der Waals surface area contributed by atoms with Crippen LogP contribution in [-0.4, -0.2) is 48.6 Å². The second-order valence-corrected chi connectivity index (χ2v) is 10.6. The van der Waals surface area contributed by atoms with Gasteiger partial charge in [-0.1, -0.05) is 12.8 Å². The number of ether oxygens (including phenoxy) is 2. The molecule has 0 aromatic heterocycles. The van der Waals surface area contributed by atoms with E-state index in [9.17, 15) is 9.59 Å². The Kier molecular flexibility index (Phi) is 10.9. The molecule has 1 N–H and O–H groups in total. The number of hydrogen-bond acceptors (Lipinski definition) is 6. The van der Waals surface area contributed by atoms with Crippen molar-refractivity contribution in [2.75, 3.05) is 7.05 Å². The van der Waals surface area contributed by atoms with E-state index in [0.717, 1.165) is 25.6 Å². The van der Waals surface area contributed by atoms with Gasteiger partial charge in [-0.05, 0) is 82.0 Å². The Morgan fingerprint density at radius 2 is 1.30 bits per heavy atom. The van der Waals surface area contributed by atoms with Crippen LogP contribution in [0.1, 0.15) is 94.9 Å². The molecule has 0 aromatic carbocycles. The van der Waals surface area contributed by atoms with Gasteiger partial charge in [0.25, 0.3) is 0 Å². The minimum atomic E-state index is -0.389. The number of carbonyl (C=O) groups excluding carboxylic acids is 2. The van der Waals surface area contributed by atoms with Crippen LogP contribution < -0.4 is 5.32 Å². The molecule has 0 radical (unpaired) electrons. The summed E-state index contributed by atoms with van der Waals surface area (Å²) in [5, 5.41) is 2.36. The first kappa shape index (κ1) is 28.7. The van der Waals surface area contributed by atoms with Gasteiger partial charge < -0.3 is 24.1 Å². The van der Waals surface area contributed by atoms with Crippen LogP contribution in [-0.2, 0) is 23.6 Å². The maximum Gasteiger partial charge on any atom is 0.457 e. The van der Waals surface area contributed by atoms with Gasteiger partial charge in [0, 0.05) is 13.5 Å². The number of alkyl carbamates (subject to hydrolysis) is 1.